The number of carbonyl (C=O) groups is 1. The lowest BCUT2D eigenvalue weighted by Gasteiger charge is -2.27. The van der Waals surface area contributed by atoms with Crippen LogP contribution < -0.4 is 9.64 Å². The van der Waals surface area contributed by atoms with Crippen molar-refractivity contribution < 1.29 is 31.5 Å². The largest absolute Gasteiger partial charge is 0.573 e. The van der Waals surface area contributed by atoms with Crippen LogP contribution in [-0.2, 0) is 4.79 Å². The highest BCUT2D eigenvalue weighted by atomic mass is 32.2. The molecule has 0 saturated carbocycles. The Hall–Kier alpha value is -4.59. The molecular formula is C26H17F5N6O2S. The van der Waals surface area contributed by atoms with Crippen LogP contribution in [0.15, 0.2) is 83.3 Å². The van der Waals surface area contributed by atoms with Crippen molar-refractivity contribution >= 4 is 34.7 Å². The SMILES string of the molecule is O=C1CCSC(=NN=Cc2ccc(-c3ncn(-c4ccc(OC(F)(F)F)cc4)n3)cc2)N1c1c(F)cccc1F. The average Bonchev–Trinajstić information content (AvgIpc) is 3.40. The van der Waals surface area contributed by atoms with E-state index in [0.717, 1.165) is 28.8 Å². The summed E-state index contributed by atoms with van der Waals surface area (Å²) < 4.78 is 71.0. The van der Waals surface area contributed by atoms with E-state index in [1.54, 1.807) is 24.3 Å². The summed E-state index contributed by atoms with van der Waals surface area (Å²) in [5.41, 5.74) is 1.30. The van der Waals surface area contributed by atoms with Crippen molar-refractivity contribution in [1.29, 1.82) is 0 Å². The minimum atomic E-state index is -4.78. The standard InChI is InChI=1S/C26H17F5N6O2S/c27-20-2-1-3-21(28)23(20)37-22(38)12-13-40-25(37)34-33-14-16-4-6-17(7-5-16)24-32-15-36(35-24)18-8-10-19(11-9-18)39-26(29,30)31/h1-11,14-15H,12-13H2. The summed E-state index contributed by atoms with van der Waals surface area (Å²) in [7, 11) is 0. The van der Waals surface area contributed by atoms with Gasteiger partial charge in [0.15, 0.2) is 11.0 Å². The number of hydrogen-bond donors (Lipinski definition) is 0. The first-order valence-electron chi connectivity index (χ1n) is 11.6. The topological polar surface area (TPSA) is 85.0 Å². The first kappa shape index (κ1) is 27.0. The number of alkyl halides is 3. The Morgan fingerprint density at radius 1 is 0.975 bits per heavy atom. The fourth-order valence-corrected chi connectivity index (χ4v) is 4.58. The second-order valence-corrected chi connectivity index (χ2v) is 9.26. The fourth-order valence-electron chi connectivity index (χ4n) is 3.69. The monoisotopic (exact) mass is 572 g/mol. The molecule has 8 nitrogen and oxygen atoms in total. The summed E-state index contributed by atoms with van der Waals surface area (Å²) in [6.07, 6.45) is -1.83. The molecule has 3 aromatic carbocycles. The number of rotatable bonds is 6. The summed E-state index contributed by atoms with van der Waals surface area (Å²) in [6, 6.07) is 15.4. The van der Waals surface area contributed by atoms with Crippen molar-refractivity contribution in [2.75, 3.05) is 10.7 Å². The van der Waals surface area contributed by atoms with Gasteiger partial charge in [-0.1, -0.05) is 42.1 Å². The van der Waals surface area contributed by atoms with Crippen LogP contribution in [0.25, 0.3) is 17.1 Å². The smallest absolute Gasteiger partial charge is 0.406 e. The predicted octanol–water partition coefficient (Wildman–Crippen LogP) is 5.97. The van der Waals surface area contributed by atoms with Crippen LogP contribution >= 0.6 is 11.8 Å². The number of anilines is 1. The molecule has 0 spiro atoms. The van der Waals surface area contributed by atoms with Gasteiger partial charge in [0, 0.05) is 17.7 Å². The molecule has 5 rings (SSSR count). The summed E-state index contributed by atoms with van der Waals surface area (Å²) >= 11 is 1.16. The van der Waals surface area contributed by atoms with Crippen LogP contribution in [0.2, 0.25) is 0 Å². The molecule has 0 aliphatic carbocycles. The number of amides is 1. The molecule has 0 bridgehead atoms. The van der Waals surface area contributed by atoms with Gasteiger partial charge in [-0.3, -0.25) is 9.69 Å². The van der Waals surface area contributed by atoms with E-state index in [1.165, 1.54) is 47.6 Å². The third-order valence-electron chi connectivity index (χ3n) is 5.49. The van der Waals surface area contributed by atoms with E-state index in [0.29, 0.717) is 28.4 Å². The van der Waals surface area contributed by atoms with E-state index in [4.69, 9.17) is 0 Å². The van der Waals surface area contributed by atoms with E-state index < -0.39 is 29.6 Å². The second-order valence-electron chi connectivity index (χ2n) is 8.20. The van der Waals surface area contributed by atoms with Crippen LogP contribution in [0, 0.1) is 11.6 Å². The van der Waals surface area contributed by atoms with E-state index in [9.17, 15) is 26.7 Å². The van der Waals surface area contributed by atoms with Crippen molar-refractivity contribution in [3.05, 3.63) is 90.3 Å². The zero-order valence-corrected chi connectivity index (χ0v) is 21.0. The van der Waals surface area contributed by atoms with Crippen LogP contribution in [0.4, 0.5) is 27.6 Å². The minimum Gasteiger partial charge on any atom is -0.406 e. The number of aromatic nitrogens is 3. The molecule has 0 atom stereocenters. The number of para-hydroxylation sites is 1. The lowest BCUT2D eigenvalue weighted by molar-refractivity contribution is -0.274. The number of thioether (sulfide) groups is 1. The number of benzene rings is 3. The lowest BCUT2D eigenvalue weighted by atomic mass is 10.1. The maximum atomic E-state index is 14.3. The second kappa shape index (κ2) is 11.3. The van der Waals surface area contributed by atoms with Gasteiger partial charge in [-0.05, 0) is 42.0 Å². The summed E-state index contributed by atoms with van der Waals surface area (Å²) in [5, 5.41) is 12.4. The molecule has 1 aliphatic rings. The molecule has 0 N–H and O–H groups in total. The number of amidine groups is 1. The van der Waals surface area contributed by atoms with Gasteiger partial charge in [0.1, 0.15) is 29.4 Å². The van der Waals surface area contributed by atoms with Crippen LogP contribution in [0.1, 0.15) is 12.0 Å². The normalized spacial score (nSPS) is 15.3. The molecule has 1 fully saturated rings. The van der Waals surface area contributed by atoms with Gasteiger partial charge >= 0.3 is 6.36 Å². The molecule has 40 heavy (non-hydrogen) atoms. The molecule has 0 unspecified atom stereocenters. The Labute approximate surface area is 227 Å². The van der Waals surface area contributed by atoms with Crippen LogP contribution in [-0.4, -0.2) is 44.2 Å². The Kier molecular flexibility index (Phi) is 7.60. The Bertz CT molecular complexity index is 1570. The highest BCUT2D eigenvalue weighted by Crippen LogP contribution is 2.30. The molecule has 4 aromatic rings. The quantitative estimate of drug-likeness (QED) is 0.162. The zero-order valence-electron chi connectivity index (χ0n) is 20.2. The minimum absolute atomic E-state index is 0.0564. The van der Waals surface area contributed by atoms with Crippen molar-refractivity contribution in [3.8, 4) is 22.8 Å². The number of ether oxygens (including phenoxy) is 1. The average molecular weight is 573 g/mol. The number of nitrogens with zero attached hydrogens (tertiary/aromatic N) is 6. The molecule has 204 valence electrons. The summed E-state index contributed by atoms with van der Waals surface area (Å²) in [6.45, 7) is 0. The van der Waals surface area contributed by atoms with Gasteiger partial charge in [0.2, 0.25) is 5.91 Å². The van der Waals surface area contributed by atoms with Gasteiger partial charge in [-0.25, -0.2) is 18.4 Å². The molecule has 1 aromatic heterocycles. The Morgan fingerprint density at radius 3 is 2.35 bits per heavy atom. The van der Waals surface area contributed by atoms with E-state index >= 15 is 0 Å². The van der Waals surface area contributed by atoms with Gasteiger partial charge < -0.3 is 4.74 Å². The van der Waals surface area contributed by atoms with Crippen molar-refractivity contribution in [1.82, 2.24) is 14.8 Å². The van der Waals surface area contributed by atoms with E-state index in [2.05, 4.69) is 25.0 Å². The van der Waals surface area contributed by atoms with Crippen molar-refractivity contribution in [2.45, 2.75) is 12.8 Å². The third-order valence-corrected chi connectivity index (χ3v) is 6.43. The maximum absolute atomic E-state index is 14.3. The molecule has 1 amide bonds. The number of hydrogen-bond acceptors (Lipinski definition) is 7. The maximum Gasteiger partial charge on any atom is 0.573 e. The third kappa shape index (κ3) is 6.17. The van der Waals surface area contributed by atoms with Crippen molar-refractivity contribution in [2.24, 2.45) is 10.2 Å². The highest BCUT2D eigenvalue weighted by molar-refractivity contribution is 8.14. The van der Waals surface area contributed by atoms with E-state index in [1.807, 2.05) is 0 Å². The molecule has 14 heteroatoms. The Balaban J connectivity index is 1.29. The highest BCUT2D eigenvalue weighted by Gasteiger charge is 2.32. The molecule has 1 saturated heterocycles. The van der Waals surface area contributed by atoms with Crippen molar-refractivity contribution in [3.63, 3.8) is 0 Å². The lowest BCUT2D eigenvalue weighted by Crippen LogP contribution is -2.40. The zero-order chi connectivity index (χ0) is 28.3. The van der Waals surface area contributed by atoms with Gasteiger partial charge in [-0.2, -0.15) is 5.10 Å². The first-order valence-corrected chi connectivity index (χ1v) is 12.6. The first-order chi connectivity index (χ1) is 19.2. The van der Waals surface area contributed by atoms with Crippen LogP contribution in [0.3, 0.4) is 0 Å². The predicted molar refractivity (Wildman–Crippen MR) is 139 cm³/mol. The van der Waals surface area contributed by atoms with Gasteiger partial charge in [0.25, 0.3) is 0 Å². The molecule has 0 radical (unpaired) electrons. The van der Waals surface area contributed by atoms with E-state index in [-0.39, 0.29) is 17.3 Å². The van der Waals surface area contributed by atoms with Gasteiger partial charge in [-0.15, -0.1) is 23.4 Å². The van der Waals surface area contributed by atoms with Crippen LogP contribution in [0.5, 0.6) is 5.75 Å². The molecule has 2 heterocycles. The summed E-state index contributed by atoms with van der Waals surface area (Å²) in [4.78, 5) is 17.6. The van der Waals surface area contributed by atoms with Gasteiger partial charge in [0.05, 0.1) is 11.9 Å². The molecule has 1 aliphatic heterocycles. The number of carbonyl (C=O) groups excluding carboxylic acids is 1. The molecular weight excluding hydrogens is 555 g/mol. The number of halogens is 5. The summed E-state index contributed by atoms with van der Waals surface area (Å²) in [5.74, 6) is -1.82. The fraction of sp³-hybridized carbons (Fsp3) is 0.115. The Morgan fingerprint density at radius 2 is 1.68 bits per heavy atom.